The van der Waals surface area contributed by atoms with Gasteiger partial charge in [-0.25, -0.2) is 9.37 Å². The van der Waals surface area contributed by atoms with Crippen LogP contribution in [-0.2, 0) is 6.61 Å². The lowest BCUT2D eigenvalue weighted by molar-refractivity contribution is 0.276. The van der Waals surface area contributed by atoms with Crippen molar-refractivity contribution in [2.75, 3.05) is 0 Å². The molecule has 0 spiro atoms. The third kappa shape index (κ3) is 1.99. The molecule has 0 radical (unpaired) electrons. The van der Waals surface area contributed by atoms with Crippen molar-refractivity contribution in [2.24, 2.45) is 0 Å². The van der Waals surface area contributed by atoms with Crippen molar-refractivity contribution in [3.63, 3.8) is 0 Å². The monoisotopic (exact) mass is 204 g/mol. The van der Waals surface area contributed by atoms with E-state index in [1.807, 2.05) is 0 Å². The van der Waals surface area contributed by atoms with Gasteiger partial charge < -0.3 is 5.11 Å². The van der Waals surface area contributed by atoms with E-state index in [1.165, 1.54) is 18.3 Å². The third-order valence-corrected chi connectivity index (χ3v) is 2.00. The highest BCUT2D eigenvalue weighted by atomic mass is 19.1. The Morgan fingerprint density at radius 3 is 2.80 bits per heavy atom. The largest absolute Gasteiger partial charge is 0.390 e. The summed E-state index contributed by atoms with van der Waals surface area (Å²) in [6.07, 6.45) is 3.14. The molecular weight excluding hydrogens is 195 g/mol. The average molecular weight is 204 g/mol. The molecule has 0 aliphatic rings. The molecule has 2 rings (SSSR count). The molecule has 15 heavy (non-hydrogen) atoms. The predicted molar refractivity (Wildman–Crippen MR) is 53.3 cm³/mol. The van der Waals surface area contributed by atoms with Crippen LogP contribution in [0.5, 0.6) is 0 Å². The quantitative estimate of drug-likeness (QED) is 0.810. The zero-order chi connectivity index (χ0) is 10.7. The van der Waals surface area contributed by atoms with E-state index >= 15 is 0 Å². The van der Waals surface area contributed by atoms with Crippen LogP contribution >= 0.6 is 0 Å². The highest BCUT2D eigenvalue weighted by Crippen LogP contribution is 2.19. The topological polar surface area (TPSA) is 46.0 Å². The summed E-state index contributed by atoms with van der Waals surface area (Å²) in [5.74, 6) is -0.416. The van der Waals surface area contributed by atoms with Crippen molar-refractivity contribution in [2.45, 2.75) is 6.61 Å². The Morgan fingerprint density at radius 2 is 2.13 bits per heavy atom. The minimum Gasteiger partial charge on any atom is -0.390 e. The number of rotatable bonds is 2. The Labute approximate surface area is 86.3 Å². The molecule has 4 heteroatoms. The lowest BCUT2D eigenvalue weighted by Gasteiger charge is -2.03. The van der Waals surface area contributed by atoms with E-state index in [1.54, 1.807) is 18.3 Å². The van der Waals surface area contributed by atoms with E-state index in [0.29, 0.717) is 11.3 Å². The van der Waals surface area contributed by atoms with Crippen molar-refractivity contribution in [3.05, 3.63) is 48.2 Å². The van der Waals surface area contributed by atoms with Gasteiger partial charge in [-0.05, 0) is 24.3 Å². The number of aliphatic hydroxyl groups excluding tert-OH is 1. The number of hydrogen-bond acceptors (Lipinski definition) is 3. The van der Waals surface area contributed by atoms with Gasteiger partial charge in [0, 0.05) is 18.0 Å². The number of halogens is 1. The van der Waals surface area contributed by atoms with Crippen LogP contribution in [0.2, 0.25) is 0 Å². The zero-order valence-corrected chi connectivity index (χ0v) is 7.89. The van der Waals surface area contributed by atoms with Crippen LogP contribution in [0.25, 0.3) is 11.3 Å². The molecule has 0 aliphatic heterocycles. The highest BCUT2D eigenvalue weighted by Gasteiger charge is 2.07. The first kappa shape index (κ1) is 9.73. The summed E-state index contributed by atoms with van der Waals surface area (Å²) < 4.78 is 13.4. The van der Waals surface area contributed by atoms with Crippen molar-refractivity contribution in [1.29, 1.82) is 0 Å². The number of aromatic nitrogens is 2. The van der Waals surface area contributed by atoms with Crippen molar-refractivity contribution in [1.82, 2.24) is 9.97 Å². The highest BCUT2D eigenvalue weighted by molar-refractivity contribution is 5.58. The first-order chi connectivity index (χ1) is 7.31. The van der Waals surface area contributed by atoms with Gasteiger partial charge >= 0.3 is 0 Å². The number of aliphatic hydroxyl groups is 1. The van der Waals surface area contributed by atoms with Gasteiger partial charge in [0.1, 0.15) is 11.5 Å². The number of hydrogen-bond donors (Lipinski definition) is 1. The van der Waals surface area contributed by atoms with E-state index in [0.717, 1.165) is 0 Å². The predicted octanol–water partition coefficient (Wildman–Crippen LogP) is 1.77. The fraction of sp³-hybridized carbons (Fsp3) is 0.0909. The smallest absolute Gasteiger partial charge is 0.149 e. The zero-order valence-electron chi connectivity index (χ0n) is 7.89. The van der Waals surface area contributed by atoms with Crippen LogP contribution in [0.4, 0.5) is 4.39 Å². The molecule has 76 valence electrons. The number of nitrogens with zero attached hydrogens (tertiary/aromatic N) is 2. The fourth-order valence-electron chi connectivity index (χ4n) is 1.28. The molecule has 2 aromatic heterocycles. The molecule has 0 aromatic carbocycles. The molecule has 0 atom stereocenters. The minimum atomic E-state index is -0.416. The molecule has 0 unspecified atom stereocenters. The molecular formula is C11H9FN2O. The second kappa shape index (κ2) is 4.14. The van der Waals surface area contributed by atoms with E-state index < -0.39 is 5.82 Å². The second-order valence-electron chi connectivity index (χ2n) is 3.03. The molecule has 0 saturated heterocycles. The summed E-state index contributed by atoms with van der Waals surface area (Å²) in [5.41, 5.74) is 1.26. The molecule has 2 aromatic rings. The molecule has 0 amide bonds. The van der Waals surface area contributed by atoms with Crippen molar-refractivity contribution in [3.8, 4) is 11.3 Å². The van der Waals surface area contributed by atoms with Gasteiger partial charge in [-0.15, -0.1) is 0 Å². The maximum atomic E-state index is 13.4. The Kier molecular flexibility index (Phi) is 2.69. The summed E-state index contributed by atoms with van der Waals surface area (Å²) >= 11 is 0. The fourth-order valence-corrected chi connectivity index (χ4v) is 1.28. The SMILES string of the molecule is OCc1ccc(F)c(-c2cccnc2)n1. The third-order valence-electron chi connectivity index (χ3n) is 2.00. The van der Waals surface area contributed by atoms with Crippen LogP contribution in [0.3, 0.4) is 0 Å². The van der Waals surface area contributed by atoms with Crippen LogP contribution in [-0.4, -0.2) is 15.1 Å². The maximum absolute atomic E-state index is 13.4. The Balaban J connectivity index is 2.52. The van der Waals surface area contributed by atoms with Gasteiger partial charge in [0.05, 0.1) is 12.3 Å². The summed E-state index contributed by atoms with van der Waals surface area (Å²) in [4.78, 5) is 7.88. The van der Waals surface area contributed by atoms with Crippen LogP contribution in [0.1, 0.15) is 5.69 Å². The van der Waals surface area contributed by atoms with Gasteiger partial charge in [0.2, 0.25) is 0 Å². The lowest BCUT2D eigenvalue weighted by Crippen LogP contribution is -1.95. The Morgan fingerprint density at radius 1 is 1.27 bits per heavy atom. The van der Waals surface area contributed by atoms with E-state index in [-0.39, 0.29) is 12.3 Å². The van der Waals surface area contributed by atoms with Crippen LogP contribution in [0.15, 0.2) is 36.7 Å². The first-order valence-corrected chi connectivity index (χ1v) is 4.48. The first-order valence-electron chi connectivity index (χ1n) is 4.48. The Bertz CT molecular complexity index is 459. The number of pyridine rings is 2. The van der Waals surface area contributed by atoms with Gasteiger partial charge in [-0.1, -0.05) is 0 Å². The maximum Gasteiger partial charge on any atom is 0.149 e. The molecule has 3 nitrogen and oxygen atoms in total. The molecule has 0 bridgehead atoms. The van der Waals surface area contributed by atoms with Gasteiger partial charge in [0.25, 0.3) is 0 Å². The average Bonchev–Trinajstić information content (AvgIpc) is 2.31. The van der Waals surface area contributed by atoms with Gasteiger partial charge in [0.15, 0.2) is 0 Å². The van der Waals surface area contributed by atoms with Gasteiger partial charge in [-0.3, -0.25) is 4.98 Å². The lowest BCUT2D eigenvalue weighted by atomic mass is 10.2. The molecule has 0 fully saturated rings. The van der Waals surface area contributed by atoms with Crippen LogP contribution < -0.4 is 0 Å². The standard InChI is InChI=1S/C11H9FN2O/c12-10-4-3-9(7-15)14-11(10)8-2-1-5-13-6-8/h1-6,15H,7H2. The summed E-state index contributed by atoms with van der Waals surface area (Å²) in [6.45, 7) is -0.201. The van der Waals surface area contributed by atoms with E-state index in [9.17, 15) is 4.39 Å². The summed E-state index contributed by atoms with van der Waals surface area (Å²) in [5, 5.41) is 8.90. The summed E-state index contributed by atoms with van der Waals surface area (Å²) in [6, 6.07) is 6.18. The molecule has 0 aliphatic carbocycles. The van der Waals surface area contributed by atoms with E-state index in [2.05, 4.69) is 9.97 Å². The van der Waals surface area contributed by atoms with Crippen molar-refractivity contribution >= 4 is 0 Å². The molecule has 0 saturated carbocycles. The van der Waals surface area contributed by atoms with Gasteiger partial charge in [-0.2, -0.15) is 0 Å². The van der Waals surface area contributed by atoms with Crippen molar-refractivity contribution < 1.29 is 9.50 Å². The minimum absolute atomic E-state index is 0.201. The normalized spacial score (nSPS) is 10.3. The Hall–Kier alpha value is -1.81. The molecule has 2 heterocycles. The van der Waals surface area contributed by atoms with E-state index in [4.69, 9.17) is 5.11 Å². The van der Waals surface area contributed by atoms with Crippen LogP contribution in [0, 0.1) is 5.82 Å². The second-order valence-corrected chi connectivity index (χ2v) is 3.03. The summed E-state index contributed by atoms with van der Waals surface area (Å²) in [7, 11) is 0. The molecule has 1 N–H and O–H groups in total.